The number of thioether (sulfide) groups is 1. The lowest BCUT2D eigenvalue weighted by Gasteiger charge is -2.27. The first kappa shape index (κ1) is 21.7. The highest BCUT2D eigenvalue weighted by Gasteiger charge is 2.23. The van der Waals surface area contributed by atoms with Crippen molar-refractivity contribution in [1.29, 1.82) is 0 Å². The number of para-hydroxylation sites is 1. The minimum absolute atomic E-state index is 0.124. The molecule has 0 unspecified atom stereocenters. The van der Waals surface area contributed by atoms with E-state index in [2.05, 4.69) is 10.3 Å². The summed E-state index contributed by atoms with van der Waals surface area (Å²) in [7, 11) is 0. The van der Waals surface area contributed by atoms with Gasteiger partial charge in [-0.2, -0.15) is 0 Å². The van der Waals surface area contributed by atoms with Gasteiger partial charge in [-0.25, -0.2) is 4.98 Å². The van der Waals surface area contributed by atoms with Gasteiger partial charge in [0, 0.05) is 52.1 Å². The van der Waals surface area contributed by atoms with Crippen molar-refractivity contribution >= 4 is 57.3 Å². The normalized spacial score (nSPS) is 14.1. The van der Waals surface area contributed by atoms with E-state index in [4.69, 9.17) is 4.42 Å². The Morgan fingerprint density at radius 2 is 2.09 bits per heavy atom. The van der Waals surface area contributed by atoms with Gasteiger partial charge in [-0.05, 0) is 44.0 Å². The van der Waals surface area contributed by atoms with E-state index >= 15 is 0 Å². The van der Waals surface area contributed by atoms with Crippen LogP contribution < -0.4 is 10.2 Å². The summed E-state index contributed by atoms with van der Waals surface area (Å²) in [5, 5.41) is 5.91. The summed E-state index contributed by atoms with van der Waals surface area (Å²) >= 11 is 3.19. The molecule has 2 aromatic heterocycles. The van der Waals surface area contributed by atoms with Gasteiger partial charge in [0.2, 0.25) is 5.91 Å². The molecule has 0 saturated carbocycles. The number of piperidine rings is 1. The standard InChI is InChI=1S/C25H23N3O3S2/c1-16-14-32-25(26-16)33-15-20-19-9-2-3-10-21(19)31-23(20)24(30)27-17-7-6-8-18(13-17)28-12-5-4-11-22(28)29/h2-3,6-10,13-14H,4-5,11-12,15H2,1H3,(H,27,30). The van der Waals surface area contributed by atoms with E-state index in [0.29, 0.717) is 35.7 Å². The van der Waals surface area contributed by atoms with Crippen LogP contribution in [0.3, 0.4) is 0 Å². The molecular formula is C25H23N3O3S2. The fraction of sp³-hybridized carbons (Fsp3) is 0.240. The van der Waals surface area contributed by atoms with Gasteiger partial charge in [-0.15, -0.1) is 11.3 Å². The van der Waals surface area contributed by atoms with Gasteiger partial charge in [0.25, 0.3) is 5.91 Å². The number of hydrogen-bond donors (Lipinski definition) is 1. The van der Waals surface area contributed by atoms with Gasteiger partial charge in [0.1, 0.15) is 9.92 Å². The fourth-order valence-electron chi connectivity index (χ4n) is 3.98. The van der Waals surface area contributed by atoms with Crippen LogP contribution in [0.2, 0.25) is 0 Å². The third-order valence-corrected chi connectivity index (χ3v) is 7.75. The highest BCUT2D eigenvalue weighted by Crippen LogP contribution is 2.34. The highest BCUT2D eigenvalue weighted by molar-refractivity contribution is 8.00. The van der Waals surface area contributed by atoms with E-state index in [1.165, 1.54) is 0 Å². The molecule has 2 aromatic carbocycles. The number of furan rings is 1. The second-order valence-corrected chi connectivity index (χ2v) is 10.0. The maximum Gasteiger partial charge on any atom is 0.291 e. The van der Waals surface area contributed by atoms with E-state index in [-0.39, 0.29) is 11.8 Å². The molecule has 1 aliphatic heterocycles. The van der Waals surface area contributed by atoms with Crippen LogP contribution in [0.15, 0.2) is 62.7 Å². The number of anilines is 2. The van der Waals surface area contributed by atoms with Crippen LogP contribution in [-0.2, 0) is 10.5 Å². The van der Waals surface area contributed by atoms with E-state index in [9.17, 15) is 9.59 Å². The largest absolute Gasteiger partial charge is 0.451 e. The Morgan fingerprint density at radius 1 is 1.21 bits per heavy atom. The molecule has 6 nitrogen and oxygen atoms in total. The number of fused-ring (bicyclic) bond motifs is 1. The number of aryl methyl sites for hydroxylation is 1. The predicted molar refractivity (Wildman–Crippen MR) is 133 cm³/mol. The van der Waals surface area contributed by atoms with Crippen molar-refractivity contribution in [1.82, 2.24) is 4.98 Å². The lowest BCUT2D eigenvalue weighted by atomic mass is 10.1. The lowest BCUT2D eigenvalue weighted by Crippen LogP contribution is -2.35. The highest BCUT2D eigenvalue weighted by atomic mass is 32.2. The minimum Gasteiger partial charge on any atom is -0.451 e. The van der Waals surface area contributed by atoms with Gasteiger partial charge in [-0.1, -0.05) is 36.0 Å². The number of benzene rings is 2. The van der Waals surface area contributed by atoms with Gasteiger partial charge in [0.15, 0.2) is 5.76 Å². The molecular weight excluding hydrogens is 454 g/mol. The molecule has 1 N–H and O–H groups in total. The monoisotopic (exact) mass is 477 g/mol. The molecule has 2 amide bonds. The smallest absolute Gasteiger partial charge is 0.291 e. The first-order valence-electron chi connectivity index (χ1n) is 10.9. The molecule has 3 heterocycles. The third-order valence-electron chi connectivity index (χ3n) is 5.58. The fourth-order valence-corrected chi connectivity index (χ4v) is 5.85. The molecule has 0 bridgehead atoms. The number of nitrogens with zero attached hydrogens (tertiary/aromatic N) is 2. The molecule has 1 fully saturated rings. The lowest BCUT2D eigenvalue weighted by molar-refractivity contribution is -0.119. The van der Waals surface area contributed by atoms with Crippen molar-refractivity contribution in [2.45, 2.75) is 36.3 Å². The van der Waals surface area contributed by atoms with Gasteiger partial charge in [-0.3, -0.25) is 9.59 Å². The number of aromatic nitrogens is 1. The van der Waals surface area contributed by atoms with Gasteiger partial charge in [0.05, 0.1) is 0 Å². The second kappa shape index (κ2) is 9.41. The zero-order valence-electron chi connectivity index (χ0n) is 18.2. The summed E-state index contributed by atoms with van der Waals surface area (Å²) in [5.74, 6) is 0.698. The van der Waals surface area contributed by atoms with E-state index in [1.54, 1.807) is 28.0 Å². The molecule has 0 aliphatic carbocycles. The van der Waals surface area contributed by atoms with Crippen molar-refractivity contribution in [3.63, 3.8) is 0 Å². The quantitative estimate of drug-likeness (QED) is 0.332. The zero-order chi connectivity index (χ0) is 22.8. The van der Waals surface area contributed by atoms with E-state index in [1.807, 2.05) is 60.8 Å². The Morgan fingerprint density at radius 3 is 2.91 bits per heavy atom. The Labute approximate surface area is 200 Å². The Hall–Kier alpha value is -3.10. The molecule has 1 aliphatic rings. The van der Waals surface area contributed by atoms with Crippen LogP contribution >= 0.6 is 23.1 Å². The van der Waals surface area contributed by atoms with E-state index < -0.39 is 0 Å². The maximum atomic E-state index is 13.3. The van der Waals surface area contributed by atoms with Crippen LogP contribution in [0, 0.1) is 6.92 Å². The SMILES string of the molecule is Cc1csc(SCc2c(C(=O)Nc3cccc(N4CCCCC4=O)c3)oc3ccccc23)n1. The molecule has 0 atom stereocenters. The average molecular weight is 478 g/mol. The first-order chi connectivity index (χ1) is 16.1. The Kier molecular flexibility index (Phi) is 6.20. The minimum atomic E-state index is -0.306. The molecule has 168 valence electrons. The summed E-state index contributed by atoms with van der Waals surface area (Å²) < 4.78 is 6.94. The molecule has 0 radical (unpaired) electrons. The summed E-state index contributed by atoms with van der Waals surface area (Å²) in [6.45, 7) is 2.68. The van der Waals surface area contributed by atoms with Crippen LogP contribution in [-0.4, -0.2) is 23.3 Å². The average Bonchev–Trinajstić information content (AvgIpc) is 3.41. The maximum absolute atomic E-state index is 13.3. The summed E-state index contributed by atoms with van der Waals surface area (Å²) in [5.41, 5.74) is 3.96. The Balaban J connectivity index is 1.40. The van der Waals surface area contributed by atoms with Crippen LogP contribution in [0.1, 0.15) is 41.1 Å². The topological polar surface area (TPSA) is 75.4 Å². The number of carbonyl (C=O) groups excluding carboxylic acids is 2. The summed E-state index contributed by atoms with van der Waals surface area (Å²) in [6, 6.07) is 15.1. The molecule has 1 saturated heterocycles. The number of nitrogens with one attached hydrogen (secondary N) is 1. The van der Waals surface area contributed by atoms with Crippen molar-refractivity contribution in [3.8, 4) is 0 Å². The van der Waals surface area contributed by atoms with Crippen LogP contribution in [0.5, 0.6) is 0 Å². The molecule has 8 heteroatoms. The van der Waals surface area contributed by atoms with Crippen molar-refractivity contribution < 1.29 is 14.0 Å². The first-order valence-corrected chi connectivity index (χ1v) is 12.7. The zero-order valence-corrected chi connectivity index (χ0v) is 19.8. The number of hydrogen-bond acceptors (Lipinski definition) is 6. The van der Waals surface area contributed by atoms with Crippen LogP contribution in [0.25, 0.3) is 11.0 Å². The number of rotatable bonds is 6. The molecule has 4 aromatic rings. The number of thiazole rings is 1. The molecule has 0 spiro atoms. The van der Waals surface area contributed by atoms with E-state index in [0.717, 1.165) is 39.5 Å². The van der Waals surface area contributed by atoms with Crippen molar-refractivity contribution in [3.05, 3.63) is 70.9 Å². The predicted octanol–water partition coefficient (Wildman–Crippen LogP) is 6.26. The third kappa shape index (κ3) is 4.67. The number of carbonyl (C=O) groups is 2. The van der Waals surface area contributed by atoms with Gasteiger partial charge < -0.3 is 14.6 Å². The molecule has 33 heavy (non-hydrogen) atoms. The second-order valence-electron chi connectivity index (χ2n) is 7.96. The van der Waals surface area contributed by atoms with Crippen molar-refractivity contribution in [2.24, 2.45) is 0 Å². The number of amides is 2. The van der Waals surface area contributed by atoms with Crippen LogP contribution in [0.4, 0.5) is 11.4 Å². The molecule has 5 rings (SSSR count). The summed E-state index contributed by atoms with van der Waals surface area (Å²) in [4.78, 5) is 31.9. The summed E-state index contributed by atoms with van der Waals surface area (Å²) in [6.07, 6.45) is 2.48. The van der Waals surface area contributed by atoms with Crippen molar-refractivity contribution in [2.75, 3.05) is 16.8 Å². The Bertz CT molecular complexity index is 1330. The van der Waals surface area contributed by atoms with Gasteiger partial charge >= 0.3 is 0 Å².